The van der Waals surface area contributed by atoms with Gasteiger partial charge in [-0.1, -0.05) is 257 Å². The number of hydrogen-bond donors (Lipinski definition) is 3. The fraction of sp³-hybridized carbons (Fsp3) is 0.679. The van der Waals surface area contributed by atoms with Crippen LogP contribution in [-0.2, 0) is 52.3 Å². The number of amides is 3. The number of thiazole rings is 3. The molecule has 750 valence electrons. The summed E-state index contributed by atoms with van der Waals surface area (Å²) in [7, 11) is 1.68. The van der Waals surface area contributed by atoms with Gasteiger partial charge in [-0.15, -0.1) is 40.6 Å². The number of halogens is 2. The van der Waals surface area contributed by atoms with Crippen molar-refractivity contribution in [2.45, 2.75) is 365 Å². The van der Waals surface area contributed by atoms with Gasteiger partial charge in [-0.3, -0.25) is 19.2 Å². The van der Waals surface area contributed by atoms with E-state index in [0.717, 1.165) is 58.0 Å². The maximum atomic E-state index is 12.8. The second-order valence-electron chi connectivity index (χ2n) is 39.5. The molecule has 6 rings (SSSR count). The smallest absolute Gasteiger partial charge is 0.306 e. The SMILES string of the molecule is C=CC(COC(C)C)C(C)C.C=CCOC(=O)CC(c1ncc(C(C)C)s1)C(C)C.CC(C)CCOC(C)C.CC(C)OCC(C(N)=O)C(C)C.CC(C)OCC(c1ccc(F)cc1)C(C)C.CC(C)OCC(c1ccccc1)C(C)C.CC(C)OCC(c1ccccc1Cl)C(C)C.CC(C)c1cnc(C(CC(N)=O)C(C)C)s1.CNC(=O)CC(c1ncc(C(C)C)s1)C(C)C. The Hall–Kier alpha value is -6.11. The molecule has 3 aromatic carbocycles. The third-order valence-electron chi connectivity index (χ3n) is 21.3. The van der Waals surface area contributed by atoms with Gasteiger partial charge in [-0.2, -0.15) is 0 Å². The molecule has 17 nitrogen and oxygen atoms in total. The lowest BCUT2D eigenvalue weighted by molar-refractivity contribution is -0.143. The van der Waals surface area contributed by atoms with E-state index >= 15 is 0 Å². The van der Waals surface area contributed by atoms with Gasteiger partial charge in [-0.25, -0.2) is 19.3 Å². The van der Waals surface area contributed by atoms with Gasteiger partial charge in [0.25, 0.3) is 0 Å². The number of carbonyl (C=O) groups is 4. The van der Waals surface area contributed by atoms with Gasteiger partial charge in [0.05, 0.1) is 97.0 Å². The van der Waals surface area contributed by atoms with Crippen molar-refractivity contribution in [2.24, 2.45) is 76.6 Å². The highest BCUT2D eigenvalue weighted by atomic mass is 35.5. The largest absolute Gasteiger partial charge is 0.461 e. The lowest BCUT2D eigenvalue weighted by atomic mass is 9.89. The molecule has 0 saturated heterocycles. The lowest BCUT2D eigenvalue weighted by Gasteiger charge is -2.23. The molecule has 0 radical (unpaired) electrons. The van der Waals surface area contributed by atoms with Crippen molar-refractivity contribution in [3.05, 3.63) is 180 Å². The van der Waals surface area contributed by atoms with Crippen LogP contribution in [0.4, 0.5) is 4.39 Å². The third-order valence-corrected chi connectivity index (χ3v) is 26.0. The van der Waals surface area contributed by atoms with Crippen LogP contribution in [-0.4, -0.2) is 129 Å². The van der Waals surface area contributed by atoms with Crippen molar-refractivity contribution in [3.8, 4) is 0 Å². The molecule has 3 heterocycles. The highest BCUT2D eigenvalue weighted by Gasteiger charge is 2.28. The predicted octanol–water partition coefficient (Wildman–Crippen LogP) is 29.0. The molecule has 0 bridgehead atoms. The van der Waals surface area contributed by atoms with Crippen molar-refractivity contribution >= 4 is 69.3 Å². The second-order valence-corrected chi connectivity index (χ2v) is 43.2. The molecule has 3 amide bonds. The molecule has 0 fully saturated rings. The number of esters is 1. The topological polar surface area (TPSA) is 236 Å². The Morgan fingerprint density at radius 2 is 0.771 bits per heavy atom. The fourth-order valence-electron chi connectivity index (χ4n) is 12.3. The zero-order valence-electron chi connectivity index (χ0n) is 88.6. The lowest BCUT2D eigenvalue weighted by Crippen LogP contribution is -2.32. The quantitative estimate of drug-likeness (QED) is 0.0238. The van der Waals surface area contributed by atoms with Gasteiger partial charge in [0.1, 0.15) is 12.4 Å². The van der Waals surface area contributed by atoms with E-state index in [1.807, 2.05) is 96.5 Å². The van der Waals surface area contributed by atoms with E-state index in [1.54, 1.807) is 47.1 Å². The van der Waals surface area contributed by atoms with E-state index in [2.05, 4.69) is 278 Å². The standard InChI is InChI=1S/C15H23NO2S.C14H21ClO.C14H21FO.C14H22O.C13H22N2OS.C12H20N2OS.C10H20O.C9H19NO2.C8H18O/c1-6-7-18-14(17)8-12(10(2)3)15-16-9-13(19-15)11(4)5;1-10(2)13(9-16-11(3)4)12-7-5-6-8-14(12)15;1-10(2)14(9-16-11(3)4)12-5-7-13(15)8-6-12;1-11(2)14(10-15-12(3)4)13-8-6-5-7-9-13;1-8(2)10(6-12(16)14-5)13-15-7-11(17-13)9(3)4;1-7(2)9(5-11(13)15)12-14-6-10(16-12)8(3)4;1-6-10(8(2)3)7-11-9(4)5;1-6(2)8(9(10)11)5-12-7(3)4;1-7(2)5-6-9-8(3)4/h6,9-12H,1,7-8H2,2-5H3;5-8,10-11,13H,9H2,1-4H3;5-8,10-11,14H,9H2,1-4H3;5-9,11-12,14H,10H2,1-4H3;7-10H,6H2,1-5H3,(H,14,16);6-9H,5H2,1-4H3,(H2,13,15);6,8-10H,1,7H2,2-5H3;6-8H,5H2,1-4H3,(H2,10,11);7-8H,5-6H2,1-4H3. The Morgan fingerprint density at radius 3 is 1.08 bits per heavy atom. The summed E-state index contributed by atoms with van der Waals surface area (Å²) in [6.45, 7) is 88.1. The molecule has 6 aromatic rings. The number of rotatable bonds is 46. The minimum Gasteiger partial charge on any atom is -0.461 e. The molecule has 0 aliphatic carbocycles. The normalized spacial score (nSPS) is 13.2. The van der Waals surface area contributed by atoms with Crippen LogP contribution in [0.1, 0.15) is 375 Å². The summed E-state index contributed by atoms with van der Waals surface area (Å²) in [5.41, 5.74) is 14.2. The summed E-state index contributed by atoms with van der Waals surface area (Å²) < 4.78 is 51.2. The van der Waals surface area contributed by atoms with Crippen LogP contribution >= 0.6 is 45.6 Å². The molecule has 8 unspecified atom stereocenters. The molecule has 0 saturated carbocycles. The number of carbonyl (C=O) groups excluding carboxylic acids is 4. The molecule has 0 spiro atoms. The average molecular weight is 1910 g/mol. The minimum absolute atomic E-state index is 0.0880. The zero-order chi connectivity index (χ0) is 101. The maximum absolute atomic E-state index is 12.8. The first-order valence-electron chi connectivity index (χ1n) is 48.4. The monoisotopic (exact) mass is 1910 g/mol. The Labute approximate surface area is 815 Å². The number of nitrogens with two attached hydrogens (primary N) is 2. The predicted molar refractivity (Wildman–Crippen MR) is 559 cm³/mol. The summed E-state index contributed by atoms with van der Waals surface area (Å²) in [5.74, 6) is 7.22. The second kappa shape index (κ2) is 73.2. The number of nitrogens with one attached hydrogen (secondary N) is 1. The van der Waals surface area contributed by atoms with E-state index in [4.69, 9.17) is 56.2 Å². The van der Waals surface area contributed by atoms with Gasteiger partial charge >= 0.3 is 5.97 Å². The summed E-state index contributed by atoms with van der Waals surface area (Å²) in [4.78, 5) is 62.4. The first-order chi connectivity index (χ1) is 61.1. The molecule has 131 heavy (non-hydrogen) atoms. The first kappa shape index (κ1) is 129. The molecular weight excluding hydrogens is 1720 g/mol. The van der Waals surface area contributed by atoms with Crippen LogP contribution in [0.2, 0.25) is 5.02 Å². The van der Waals surface area contributed by atoms with Gasteiger partial charge in [-0.05, 0) is 195 Å². The van der Waals surface area contributed by atoms with Crippen LogP contribution in [0.25, 0.3) is 0 Å². The molecule has 22 heteroatoms. The summed E-state index contributed by atoms with van der Waals surface area (Å²) in [5, 5.41) is 6.69. The van der Waals surface area contributed by atoms with Crippen LogP contribution in [0, 0.1) is 70.9 Å². The summed E-state index contributed by atoms with van der Waals surface area (Å²) >= 11 is 11.4. The van der Waals surface area contributed by atoms with E-state index in [9.17, 15) is 23.6 Å². The van der Waals surface area contributed by atoms with Crippen LogP contribution < -0.4 is 16.8 Å². The number of benzene rings is 3. The van der Waals surface area contributed by atoms with E-state index in [-0.39, 0.29) is 84.0 Å². The minimum atomic E-state index is -0.273. The van der Waals surface area contributed by atoms with Crippen molar-refractivity contribution in [2.75, 3.05) is 53.3 Å². The van der Waals surface area contributed by atoms with Gasteiger partial charge in [0, 0.05) is 106 Å². The van der Waals surface area contributed by atoms with Gasteiger partial charge in [0.15, 0.2) is 0 Å². The number of aromatic nitrogens is 3. The number of hydrogen-bond acceptors (Lipinski definition) is 17. The molecule has 8 atom stereocenters. The fourth-order valence-corrected chi connectivity index (χ4v) is 16.1. The van der Waals surface area contributed by atoms with Crippen LogP contribution in [0.15, 0.2) is 123 Å². The van der Waals surface area contributed by atoms with E-state index < -0.39 is 0 Å². The van der Waals surface area contributed by atoms with Gasteiger partial charge in [0.2, 0.25) is 17.7 Å². The van der Waals surface area contributed by atoms with Crippen molar-refractivity contribution in [1.29, 1.82) is 0 Å². The molecule has 0 aliphatic rings. The highest BCUT2D eigenvalue weighted by molar-refractivity contribution is 7.12. The Balaban J connectivity index is -0.00000142. The van der Waals surface area contributed by atoms with Crippen LogP contribution in [0.5, 0.6) is 0 Å². The Morgan fingerprint density at radius 1 is 0.420 bits per heavy atom. The average Bonchev–Trinajstić information content (AvgIpc) is 1.74. The van der Waals surface area contributed by atoms with Crippen molar-refractivity contribution in [1.82, 2.24) is 20.3 Å². The third kappa shape index (κ3) is 61.6. The summed E-state index contributed by atoms with van der Waals surface area (Å²) in [6, 6.07) is 25.4. The maximum Gasteiger partial charge on any atom is 0.306 e. The summed E-state index contributed by atoms with van der Waals surface area (Å²) in [6.07, 6.45) is 13.5. The number of nitrogens with zero attached hydrogens (tertiary/aromatic N) is 3. The van der Waals surface area contributed by atoms with Crippen molar-refractivity contribution in [3.63, 3.8) is 0 Å². The van der Waals surface area contributed by atoms with E-state index in [0.29, 0.717) is 134 Å². The van der Waals surface area contributed by atoms with Crippen molar-refractivity contribution < 1.29 is 56.7 Å². The first-order valence-corrected chi connectivity index (χ1v) is 51.2. The zero-order valence-corrected chi connectivity index (χ0v) is 91.8. The molecular formula is C109H186ClFN6O11S3. The molecule has 0 aliphatic heterocycles. The Kier molecular flexibility index (Phi) is 72.1. The highest BCUT2D eigenvalue weighted by Crippen LogP contribution is 2.38. The number of primary amides is 2. The van der Waals surface area contributed by atoms with E-state index in [1.165, 1.54) is 44.3 Å². The Bertz CT molecular complexity index is 3860. The molecule has 3 aromatic heterocycles. The molecule has 5 N–H and O–H groups in total. The number of ether oxygens (including phenoxy) is 7. The van der Waals surface area contributed by atoms with Crippen LogP contribution in [0.3, 0.4) is 0 Å². The van der Waals surface area contributed by atoms with Gasteiger partial charge < -0.3 is 49.9 Å².